The molecular weight excluding hydrogens is 221 g/mol. The van der Waals surface area contributed by atoms with Crippen LogP contribution >= 0.6 is 20.4 Å². The Morgan fingerprint density at radius 2 is 2.07 bits per heavy atom. The zero-order chi connectivity index (χ0) is 10.7. The predicted molar refractivity (Wildman–Crippen MR) is 64.2 cm³/mol. The molecule has 0 aliphatic rings. The van der Waals surface area contributed by atoms with Gasteiger partial charge in [0.1, 0.15) is 5.82 Å². The number of rotatable bonds is 2. The molecular formula is C10H13ClFNS. The van der Waals surface area contributed by atoms with Gasteiger partial charge in [-0.25, -0.2) is 4.39 Å². The Kier molecular flexibility index (Phi) is 3.96. The van der Waals surface area contributed by atoms with E-state index in [1.54, 1.807) is 11.4 Å². The smallest absolute Gasteiger partial charge is 0.139 e. The molecule has 0 aliphatic heterocycles. The van der Waals surface area contributed by atoms with E-state index in [2.05, 4.69) is 0 Å². The second-order valence-electron chi connectivity index (χ2n) is 3.03. The summed E-state index contributed by atoms with van der Waals surface area (Å²) < 4.78 is 13.5. The van der Waals surface area contributed by atoms with Crippen molar-refractivity contribution in [1.29, 1.82) is 0 Å². The van der Waals surface area contributed by atoms with Gasteiger partial charge in [-0.05, 0) is 41.2 Å². The molecule has 0 saturated heterocycles. The van der Waals surface area contributed by atoms with E-state index in [-0.39, 0.29) is 5.82 Å². The van der Waals surface area contributed by atoms with Crippen LogP contribution in [0.5, 0.6) is 0 Å². The van der Waals surface area contributed by atoms with Gasteiger partial charge in [0.25, 0.3) is 0 Å². The van der Waals surface area contributed by atoms with Crippen molar-refractivity contribution >= 4 is 31.4 Å². The predicted octanol–water partition coefficient (Wildman–Crippen LogP) is 3.50. The average molecular weight is 234 g/mol. The van der Waals surface area contributed by atoms with Gasteiger partial charge in [-0.1, -0.05) is 9.70 Å². The SMILES string of the molecule is C/C=S(/Cl)c1ccc(N(C)C)cc1F. The monoisotopic (exact) mass is 233 g/mol. The average Bonchev–Trinajstić information content (AvgIpc) is 2.16. The van der Waals surface area contributed by atoms with Gasteiger partial charge in [0.2, 0.25) is 0 Å². The molecule has 0 aromatic heterocycles. The van der Waals surface area contributed by atoms with Crippen molar-refractivity contribution in [3.05, 3.63) is 24.0 Å². The van der Waals surface area contributed by atoms with Gasteiger partial charge < -0.3 is 4.90 Å². The minimum atomic E-state index is -0.620. The number of halogens is 2. The molecule has 0 heterocycles. The first-order valence-corrected chi connectivity index (χ1v) is 6.33. The summed E-state index contributed by atoms with van der Waals surface area (Å²) in [6.07, 6.45) is 0. The third-order valence-corrected chi connectivity index (χ3v) is 4.05. The lowest BCUT2D eigenvalue weighted by atomic mass is 10.3. The van der Waals surface area contributed by atoms with Crippen LogP contribution < -0.4 is 4.90 Å². The maximum Gasteiger partial charge on any atom is 0.139 e. The summed E-state index contributed by atoms with van der Waals surface area (Å²) in [6.45, 7) is 1.83. The quantitative estimate of drug-likeness (QED) is 0.707. The molecule has 0 aliphatic carbocycles. The molecule has 1 nitrogen and oxygen atoms in total. The van der Waals surface area contributed by atoms with Gasteiger partial charge in [-0.2, -0.15) is 0 Å². The summed E-state index contributed by atoms with van der Waals surface area (Å²) in [5, 5.41) is 1.79. The van der Waals surface area contributed by atoms with Gasteiger partial charge in [0, 0.05) is 19.8 Å². The second kappa shape index (κ2) is 4.80. The molecule has 1 atom stereocenters. The third-order valence-electron chi connectivity index (χ3n) is 1.85. The maximum absolute atomic E-state index is 13.5. The van der Waals surface area contributed by atoms with E-state index in [1.165, 1.54) is 6.07 Å². The third kappa shape index (κ3) is 2.49. The molecule has 0 saturated carbocycles. The van der Waals surface area contributed by atoms with Crippen LogP contribution in [0.2, 0.25) is 0 Å². The first-order chi connectivity index (χ1) is 6.56. The highest BCUT2D eigenvalue weighted by Gasteiger charge is 2.06. The lowest BCUT2D eigenvalue weighted by Crippen LogP contribution is -2.08. The fraction of sp³-hybridized carbons (Fsp3) is 0.300. The number of benzene rings is 1. The van der Waals surface area contributed by atoms with Crippen LogP contribution in [0.1, 0.15) is 6.92 Å². The molecule has 78 valence electrons. The van der Waals surface area contributed by atoms with Crippen molar-refractivity contribution in [2.75, 3.05) is 19.0 Å². The molecule has 0 spiro atoms. The summed E-state index contributed by atoms with van der Waals surface area (Å²) in [6, 6.07) is 5.10. The molecule has 0 fully saturated rings. The zero-order valence-corrected chi connectivity index (χ0v) is 9.99. The van der Waals surface area contributed by atoms with Gasteiger partial charge >= 0.3 is 0 Å². The van der Waals surface area contributed by atoms with Crippen LogP contribution in [0.15, 0.2) is 23.1 Å². The Hall–Kier alpha value is -0.540. The van der Waals surface area contributed by atoms with Crippen molar-refractivity contribution in [2.45, 2.75) is 11.8 Å². The van der Waals surface area contributed by atoms with E-state index in [0.717, 1.165) is 5.69 Å². The van der Waals surface area contributed by atoms with Crippen molar-refractivity contribution in [1.82, 2.24) is 0 Å². The van der Waals surface area contributed by atoms with Crippen LogP contribution in [0.25, 0.3) is 0 Å². The number of hydrogen-bond acceptors (Lipinski definition) is 1. The van der Waals surface area contributed by atoms with Crippen molar-refractivity contribution in [3.8, 4) is 0 Å². The summed E-state index contributed by atoms with van der Waals surface area (Å²) in [7, 11) is 9.08. The van der Waals surface area contributed by atoms with Gasteiger partial charge in [0.05, 0.1) is 4.90 Å². The van der Waals surface area contributed by atoms with E-state index in [0.29, 0.717) is 4.90 Å². The normalized spacial score (nSPS) is 12.9. The minimum Gasteiger partial charge on any atom is -0.378 e. The molecule has 0 bridgehead atoms. The molecule has 1 aromatic rings. The topological polar surface area (TPSA) is 3.24 Å². The number of anilines is 1. The minimum absolute atomic E-state index is 0.243. The second-order valence-corrected chi connectivity index (χ2v) is 5.51. The van der Waals surface area contributed by atoms with E-state index in [4.69, 9.17) is 10.7 Å². The molecule has 0 amide bonds. The fourth-order valence-corrected chi connectivity index (χ4v) is 2.13. The van der Waals surface area contributed by atoms with E-state index in [9.17, 15) is 4.39 Å². The Bertz CT molecular complexity index is 363. The van der Waals surface area contributed by atoms with E-state index in [1.807, 2.05) is 32.0 Å². The highest BCUT2D eigenvalue weighted by molar-refractivity contribution is 8.34. The number of nitrogens with zero attached hydrogens (tertiary/aromatic N) is 1. The summed E-state index contributed by atoms with van der Waals surface area (Å²) in [5.41, 5.74) is 0.844. The van der Waals surface area contributed by atoms with Gasteiger partial charge in [-0.15, -0.1) is 0 Å². The van der Waals surface area contributed by atoms with Crippen molar-refractivity contribution in [2.24, 2.45) is 0 Å². The molecule has 0 radical (unpaired) electrons. The molecule has 1 rings (SSSR count). The maximum atomic E-state index is 13.5. The Labute approximate surface area is 90.9 Å². The molecule has 4 heteroatoms. The summed E-state index contributed by atoms with van der Waals surface area (Å²) in [4.78, 5) is 2.41. The first kappa shape index (κ1) is 11.5. The first-order valence-electron chi connectivity index (χ1n) is 4.22. The van der Waals surface area contributed by atoms with Crippen LogP contribution in [-0.4, -0.2) is 19.5 Å². The molecule has 14 heavy (non-hydrogen) atoms. The standard InChI is InChI=1S/C10H13ClFNS/c1-4-14(11)10-6-5-8(13(2)3)7-9(10)12/h4-7H,1-3H3. The molecule has 1 unspecified atom stereocenters. The summed E-state index contributed by atoms with van der Waals surface area (Å²) in [5.74, 6) is -0.243. The Balaban J connectivity index is 3.14. The lowest BCUT2D eigenvalue weighted by Gasteiger charge is -2.13. The Morgan fingerprint density at radius 3 is 2.50 bits per heavy atom. The van der Waals surface area contributed by atoms with Crippen LogP contribution in [0.3, 0.4) is 0 Å². The summed E-state index contributed by atoms with van der Waals surface area (Å²) >= 11 is 0. The molecule has 1 aromatic carbocycles. The van der Waals surface area contributed by atoms with Crippen molar-refractivity contribution < 1.29 is 4.39 Å². The Morgan fingerprint density at radius 1 is 1.43 bits per heavy atom. The lowest BCUT2D eigenvalue weighted by molar-refractivity contribution is 0.602. The fourth-order valence-electron chi connectivity index (χ4n) is 1.05. The zero-order valence-electron chi connectivity index (χ0n) is 8.42. The van der Waals surface area contributed by atoms with Gasteiger partial charge in [0.15, 0.2) is 0 Å². The number of hydrogen-bond donors (Lipinski definition) is 0. The highest BCUT2D eigenvalue weighted by atomic mass is 35.7. The van der Waals surface area contributed by atoms with E-state index >= 15 is 0 Å². The molecule has 0 N–H and O–H groups in total. The van der Waals surface area contributed by atoms with Crippen LogP contribution in [0.4, 0.5) is 10.1 Å². The van der Waals surface area contributed by atoms with Crippen LogP contribution in [0, 0.1) is 5.82 Å². The largest absolute Gasteiger partial charge is 0.378 e. The van der Waals surface area contributed by atoms with Crippen LogP contribution in [-0.2, 0) is 0 Å². The van der Waals surface area contributed by atoms with Crippen molar-refractivity contribution in [3.63, 3.8) is 0 Å². The van der Waals surface area contributed by atoms with Gasteiger partial charge in [-0.3, -0.25) is 0 Å². The van der Waals surface area contributed by atoms with E-state index < -0.39 is 9.70 Å². The highest BCUT2D eigenvalue weighted by Crippen LogP contribution is 2.34.